The first-order valence-corrected chi connectivity index (χ1v) is 4.79. The van der Waals surface area contributed by atoms with Crippen molar-refractivity contribution in [1.29, 1.82) is 0 Å². The molecule has 1 aromatic carbocycles. The normalized spacial score (nSPS) is 16.7. The predicted molar refractivity (Wildman–Crippen MR) is 55.5 cm³/mol. The van der Waals surface area contributed by atoms with E-state index in [1.165, 1.54) is 12.1 Å². The first-order valence-electron chi connectivity index (χ1n) is 4.79. The minimum absolute atomic E-state index is 0.0310. The van der Waals surface area contributed by atoms with Crippen molar-refractivity contribution in [2.75, 3.05) is 36.9 Å². The van der Waals surface area contributed by atoms with E-state index in [4.69, 9.17) is 10.5 Å². The zero-order chi connectivity index (χ0) is 10.8. The number of phenolic OH excluding ortho intramolecular Hbond substituents is 1. The molecule has 15 heavy (non-hydrogen) atoms. The molecule has 5 heteroatoms. The van der Waals surface area contributed by atoms with E-state index in [2.05, 4.69) is 0 Å². The van der Waals surface area contributed by atoms with Gasteiger partial charge >= 0.3 is 0 Å². The molecule has 0 unspecified atom stereocenters. The van der Waals surface area contributed by atoms with Gasteiger partial charge in [0.15, 0.2) is 11.6 Å². The number of hydrogen-bond donors (Lipinski definition) is 2. The Labute approximate surface area is 87.1 Å². The lowest BCUT2D eigenvalue weighted by atomic mass is 10.2. The molecule has 4 nitrogen and oxygen atoms in total. The highest BCUT2D eigenvalue weighted by molar-refractivity contribution is 5.61. The zero-order valence-corrected chi connectivity index (χ0v) is 8.24. The molecule has 82 valence electrons. The van der Waals surface area contributed by atoms with E-state index in [0.717, 1.165) is 18.8 Å². The Hall–Kier alpha value is -1.49. The van der Waals surface area contributed by atoms with Gasteiger partial charge in [0, 0.05) is 24.8 Å². The molecule has 1 aliphatic heterocycles. The average molecular weight is 212 g/mol. The van der Waals surface area contributed by atoms with Crippen molar-refractivity contribution in [2.45, 2.75) is 0 Å². The summed E-state index contributed by atoms with van der Waals surface area (Å²) in [5.74, 6) is -1.16. The van der Waals surface area contributed by atoms with Crippen LogP contribution in [0.4, 0.5) is 15.8 Å². The number of nitrogen functional groups attached to an aromatic ring is 1. The number of morpholine rings is 1. The second-order valence-corrected chi connectivity index (χ2v) is 3.47. The lowest BCUT2D eigenvalue weighted by molar-refractivity contribution is 0.122. The topological polar surface area (TPSA) is 58.7 Å². The van der Waals surface area contributed by atoms with Crippen molar-refractivity contribution < 1.29 is 14.2 Å². The van der Waals surface area contributed by atoms with Crippen LogP contribution in [0.3, 0.4) is 0 Å². The van der Waals surface area contributed by atoms with Gasteiger partial charge < -0.3 is 20.5 Å². The van der Waals surface area contributed by atoms with Gasteiger partial charge in [-0.15, -0.1) is 0 Å². The summed E-state index contributed by atoms with van der Waals surface area (Å²) in [5, 5.41) is 9.30. The fourth-order valence-electron chi connectivity index (χ4n) is 1.62. The molecule has 0 radical (unpaired) electrons. The van der Waals surface area contributed by atoms with Crippen molar-refractivity contribution in [2.24, 2.45) is 0 Å². The van der Waals surface area contributed by atoms with Crippen LogP contribution in [0, 0.1) is 5.82 Å². The summed E-state index contributed by atoms with van der Waals surface area (Å²) in [4.78, 5) is 2.00. The summed E-state index contributed by atoms with van der Waals surface area (Å²) in [6.45, 7) is 2.73. The van der Waals surface area contributed by atoms with Gasteiger partial charge in [0.2, 0.25) is 0 Å². The van der Waals surface area contributed by atoms with Crippen LogP contribution in [0.25, 0.3) is 0 Å². The van der Waals surface area contributed by atoms with E-state index in [0.29, 0.717) is 13.2 Å². The van der Waals surface area contributed by atoms with Gasteiger partial charge in [0.25, 0.3) is 0 Å². The number of benzene rings is 1. The number of nitrogens with zero attached hydrogens (tertiary/aromatic N) is 1. The summed E-state index contributed by atoms with van der Waals surface area (Å²) in [5.41, 5.74) is 6.14. The number of hydrogen-bond acceptors (Lipinski definition) is 4. The first kappa shape index (κ1) is 10.0. The Morgan fingerprint density at radius 3 is 2.60 bits per heavy atom. The second kappa shape index (κ2) is 3.94. The van der Waals surface area contributed by atoms with Crippen LogP contribution in [-0.4, -0.2) is 31.4 Å². The summed E-state index contributed by atoms with van der Waals surface area (Å²) >= 11 is 0. The molecular formula is C10H13FN2O2. The van der Waals surface area contributed by atoms with Gasteiger partial charge in [-0.05, 0) is 6.07 Å². The van der Waals surface area contributed by atoms with Crippen LogP contribution in [-0.2, 0) is 4.74 Å². The highest BCUT2D eigenvalue weighted by atomic mass is 19.1. The largest absolute Gasteiger partial charge is 0.505 e. The van der Waals surface area contributed by atoms with Crippen molar-refractivity contribution in [3.8, 4) is 5.75 Å². The molecule has 1 heterocycles. The van der Waals surface area contributed by atoms with Gasteiger partial charge in [-0.25, -0.2) is 4.39 Å². The third-order valence-corrected chi connectivity index (χ3v) is 2.44. The third kappa shape index (κ3) is 1.97. The van der Waals surface area contributed by atoms with Crippen molar-refractivity contribution >= 4 is 11.4 Å². The number of rotatable bonds is 1. The molecule has 0 saturated carbocycles. The Kier molecular flexibility index (Phi) is 2.64. The average Bonchev–Trinajstić information content (AvgIpc) is 2.26. The molecule has 1 aliphatic rings. The third-order valence-electron chi connectivity index (χ3n) is 2.44. The molecule has 2 rings (SSSR count). The van der Waals surface area contributed by atoms with E-state index >= 15 is 0 Å². The van der Waals surface area contributed by atoms with Crippen LogP contribution in [0.1, 0.15) is 0 Å². The molecule has 1 aromatic rings. The molecule has 1 fully saturated rings. The van der Waals surface area contributed by atoms with Crippen LogP contribution in [0.5, 0.6) is 5.75 Å². The molecule has 0 amide bonds. The van der Waals surface area contributed by atoms with Crippen LogP contribution >= 0.6 is 0 Å². The number of ether oxygens (including phenoxy) is 1. The first-order chi connectivity index (χ1) is 7.18. The lowest BCUT2D eigenvalue weighted by Gasteiger charge is -2.29. The Morgan fingerprint density at radius 2 is 2.00 bits per heavy atom. The fraction of sp³-hybridized carbons (Fsp3) is 0.400. The molecule has 0 bridgehead atoms. The van der Waals surface area contributed by atoms with Crippen molar-refractivity contribution in [3.63, 3.8) is 0 Å². The van der Waals surface area contributed by atoms with Gasteiger partial charge in [-0.3, -0.25) is 0 Å². The van der Waals surface area contributed by atoms with Crippen LogP contribution < -0.4 is 10.6 Å². The maximum atomic E-state index is 13.1. The van der Waals surface area contributed by atoms with Crippen LogP contribution in [0.15, 0.2) is 12.1 Å². The maximum Gasteiger partial charge on any atom is 0.187 e. The van der Waals surface area contributed by atoms with Gasteiger partial charge in [-0.1, -0.05) is 0 Å². The minimum atomic E-state index is -0.757. The van der Waals surface area contributed by atoms with Gasteiger partial charge in [0.05, 0.1) is 18.9 Å². The molecule has 0 atom stereocenters. The second-order valence-electron chi connectivity index (χ2n) is 3.47. The van der Waals surface area contributed by atoms with E-state index < -0.39 is 11.6 Å². The number of halogens is 1. The molecule has 0 aromatic heterocycles. The van der Waals surface area contributed by atoms with E-state index in [1.54, 1.807) is 0 Å². The highest BCUT2D eigenvalue weighted by Gasteiger charge is 2.14. The number of aromatic hydroxyl groups is 1. The Bertz CT molecular complexity index is 341. The monoisotopic (exact) mass is 212 g/mol. The molecule has 3 N–H and O–H groups in total. The SMILES string of the molecule is Nc1cc(N2CCOCC2)cc(O)c1F. The highest BCUT2D eigenvalue weighted by Crippen LogP contribution is 2.29. The number of phenols is 1. The summed E-state index contributed by atoms with van der Waals surface area (Å²) < 4.78 is 18.3. The smallest absolute Gasteiger partial charge is 0.187 e. The lowest BCUT2D eigenvalue weighted by Crippen LogP contribution is -2.36. The van der Waals surface area contributed by atoms with E-state index in [9.17, 15) is 9.50 Å². The van der Waals surface area contributed by atoms with Crippen molar-refractivity contribution in [3.05, 3.63) is 17.9 Å². The van der Waals surface area contributed by atoms with Crippen LogP contribution in [0.2, 0.25) is 0 Å². The Balaban J connectivity index is 2.27. The summed E-state index contributed by atoms with van der Waals surface area (Å²) in [7, 11) is 0. The fourth-order valence-corrected chi connectivity index (χ4v) is 1.62. The summed E-state index contributed by atoms with van der Waals surface area (Å²) in [6, 6.07) is 2.91. The predicted octanol–water partition coefficient (Wildman–Crippen LogP) is 0.950. The van der Waals surface area contributed by atoms with Gasteiger partial charge in [0.1, 0.15) is 0 Å². The van der Waals surface area contributed by atoms with E-state index in [-0.39, 0.29) is 5.69 Å². The Morgan fingerprint density at radius 1 is 1.33 bits per heavy atom. The molecule has 0 aliphatic carbocycles. The molecular weight excluding hydrogens is 199 g/mol. The minimum Gasteiger partial charge on any atom is -0.505 e. The number of nitrogens with two attached hydrogens (primary N) is 1. The van der Waals surface area contributed by atoms with E-state index in [1.807, 2.05) is 4.90 Å². The van der Waals surface area contributed by atoms with Gasteiger partial charge in [-0.2, -0.15) is 0 Å². The molecule has 0 spiro atoms. The quantitative estimate of drug-likeness (QED) is 0.680. The number of anilines is 2. The standard InChI is InChI=1S/C10H13FN2O2/c11-10-8(12)5-7(6-9(10)14)13-1-3-15-4-2-13/h5-6,14H,1-4,12H2. The zero-order valence-electron chi connectivity index (χ0n) is 8.24. The summed E-state index contributed by atoms with van der Waals surface area (Å²) in [6.07, 6.45) is 0. The van der Waals surface area contributed by atoms with Crippen molar-refractivity contribution in [1.82, 2.24) is 0 Å². The molecule has 1 saturated heterocycles. The maximum absolute atomic E-state index is 13.1.